The molecule has 0 radical (unpaired) electrons. The van der Waals surface area contributed by atoms with E-state index in [1.54, 1.807) is 17.9 Å². The molecule has 2 heterocycles. The maximum absolute atomic E-state index is 13.6. The number of aromatic nitrogens is 2. The van der Waals surface area contributed by atoms with Gasteiger partial charge in [0.25, 0.3) is 0 Å². The lowest BCUT2D eigenvalue weighted by atomic mass is 10.1. The van der Waals surface area contributed by atoms with E-state index in [1.165, 1.54) is 4.31 Å². The van der Waals surface area contributed by atoms with E-state index in [9.17, 15) is 14.1 Å². The van der Waals surface area contributed by atoms with Crippen molar-refractivity contribution in [3.63, 3.8) is 0 Å². The molecular weight excluding hydrogens is 520 g/mol. The van der Waals surface area contributed by atoms with Crippen molar-refractivity contribution in [3.05, 3.63) is 107 Å². The maximum Gasteiger partial charge on any atom is 0.322 e. The number of para-hydroxylation sites is 1. The average molecular weight is 547 g/mol. The van der Waals surface area contributed by atoms with Crippen LogP contribution in [0, 0.1) is 0 Å². The molecule has 0 saturated carbocycles. The van der Waals surface area contributed by atoms with Crippen LogP contribution in [0.3, 0.4) is 0 Å². The molecule has 0 bridgehead atoms. The Balaban J connectivity index is 1.53. The number of benzene rings is 3. The van der Waals surface area contributed by atoms with Crippen molar-refractivity contribution in [1.82, 2.24) is 19.4 Å². The van der Waals surface area contributed by atoms with Gasteiger partial charge in [-0.2, -0.15) is 9.40 Å². The van der Waals surface area contributed by atoms with E-state index >= 15 is 0 Å². The lowest BCUT2D eigenvalue weighted by Gasteiger charge is -2.24. The number of nitrogens with zero attached hydrogens (tertiary/aromatic N) is 3. The number of nitrogens with one attached hydrogen (secondary N) is 1. The monoisotopic (exact) mass is 546 g/mol. The summed E-state index contributed by atoms with van der Waals surface area (Å²) < 4.78 is 22.2. The fourth-order valence-corrected chi connectivity index (χ4v) is 6.23. The second-order valence-corrected chi connectivity index (χ2v) is 10.5. The Kier molecular flexibility index (Phi) is 7.64. The molecule has 1 aliphatic heterocycles. The van der Waals surface area contributed by atoms with Gasteiger partial charge in [0, 0.05) is 17.3 Å². The van der Waals surface area contributed by atoms with Crippen molar-refractivity contribution in [2.75, 3.05) is 7.11 Å². The summed E-state index contributed by atoms with van der Waals surface area (Å²) in [6, 6.07) is 25.4. The SMILES string of the molecule is COc1cccc(-c2nn(-c3ccccc3)cc2/C=C2/N[C@H](S)N([C@@H](Cc3ccccc3)C(=O)O)S2=O)c1. The number of carboxylic acids is 1. The quantitative estimate of drug-likeness (QED) is 0.285. The van der Waals surface area contributed by atoms with Gasteiger partial charge in [-0.3, -0.25) is 4.79 Å². The smallest absolute Gasteiger partial charge is 0.322 e. The number of thiol groups is 1. The minimum atomic E-state index is -1.79. The Morgan fingerprint density at radius 3 is 2.53 bits per heavy atom. The molecule has 1 fully saturated rings. The van der Waals surface area contributed by atoms with Crippen LogP contribution in [-0.4, -0.2) is 48.0 Å². The summed E-state index contributed by atoms with van der Waals surface area (Å²) in [5.74, 6) is -0.386. The summed E-state index contributed by atoms with van der Waals surface area (Å²) in [6.07, 6.45) is 3.78. The number of hydrogen-bond donors (Lipinski definition) is 3. The molecule has 10 heteroatoms. The Hall–Kier alpha value is -3.86. The van der Waals surface area contributed by atoms with Gasteiger partial charge in [-0.25, -0.2) is 8.89 Å². The number of aliphatic carboxylic acids is 1. The summed E-state index contributed by atoms with van der Waals surface area (Å²) in [4.78, 5) is 12.2. The average Bonchev–Trinajstić information content (AvgIpc) is 3.48. The van der Waals surface area contributed by atoms with Crippen molar-refractivity contribution in [1.29, 1.82) is 0 Å². The molecule has 8 nitrogen and oxygen atoms in total. The van der Waals surface area contributed by atoms with Gasteiger partial charge in [0.15, 0.2) is 0 Å². The molecule has 0 aliphatic carbocycles. The Morgan fingerprint density at radius 2 is 1.84 bits per heavy atom. The van der Waals surface area contributed by atoms with E-state index < -0.39 is 28.5 Å². The van der Waals surface area contributed by atoms with Gasteiger partial charge in [-0.05, 0) is 42.3 Å². The number of methoxy groups -OCH3 is 1. The normalized spacial score (nSPS) is 19.3. The number of rotatable bonds is 8. The topological polar surface area (TPSA) is 96.7 Å². The molecule has 1 saturated heterocycles. The van der Waals surface area contributed by atoms with Gasteiger partial charge >= 0.3 is 5.97 Å². The highest BCUT2D eigenvalue weighted by Gasteiger charge is 2.41. The lowest BCUT2D eigenvalue weighted by Crippen LogP contribution is -2.45. The van der Waals surface area contributed by atoms with E-state index in [1.807, 2.05) is 91.1 Å². The van der Waals surface area contributed by atoms with Crippen LogP contribution in [0.15, 0.2) is 96.2 Å². The number of carboxylic acid groups (broad SMARTS) is 1. The number of carbonyl (C=O) groups is 1. The first-order valence-electron chi connectivity index (χ1n) is 11.9. The molecule has 2 N–H and O–H groups in total. The molecule has 4 aromatic rings. The van der Waals surface area contributed by atoms with E-state index in [-0.39, 0.29) is 6.42 Å². The van der Waals surface area contributed by atoms with Crippen LogP contribution >= 0.6 is 12.6 Å². The number of ether oxygens (including phenoxy) is 1. The molecule has 0 spiro atoms. The van der Waals surface area contributed by atoms with Crippen LogP contribution in [0.1, 0.15) is 11.1 Å². The first-order chi connectivity index (χ1) is 18.4. The Labute approximate surface area is 228 Å². The van der Waals surface area contributed by atoms with Crippen molar-refractivity contribution >= 4 is 35.7 Å². The van der Waals surface area contributed by atoms with E-state index in [0.717, 1.165) is 16.8 Å². The zero-order valence-electron chi connectivity index (χ0n) is 20.5. The van der Waals surface area contributed by atoms with Gasteiger partial charge in [-0.1, -0.05) is 60.7 Å². The highest BCUT2D eigenvalue weighted by molar-refractivity contribution is 7.89. The molecule has 5 rings (SSSR count). The van der Waals surface area contributed by atoms with Crippen LogP contribution in [-0.2, 0) is 22.2 Å². The fourth-order valence-electron chi connectivity index (χ4n) is 4.29. The Morgan fingerprint density at radius 1 is 1.13 bits per heavy atom. The molecular formula is C28H26N4O4S2. The minimum Gasteiger partial charge on any atom is -0.497 e. The van der Waals surface area contributed by atoms with Gasteiger partial charge in [0.05, 0.1) is 12.8 Å². The zero-order valence-corrected chi connectivity index (χ0v) is 22.2. The molecule has 0 amide bonds. The van der Waals surface area contributed by atoms with Crippen LogP contribution < -0.4 is 10.1 Å². The highest BCUT2D eigenvalue weighted by atomic mass is 32.2. The third kappa shape index (κ3) is 5.38. The molecule has 1 aliphatic rings. The molecule has 3 atom stereocenters. The van der Waals surface area contributed by atoms with Crippen LogP contribution in [0.25, 0.3) is 23.0 Å². The van der Waals surface area contributed by atoms with Crippen LogP contribution in [0.4, 0.5) is 0 Å². The second-order valence-electron chi connectivity index (χ2n) is 8.62. The van der Waals surface area contributed by atoms with Crippen molar-refractivity contribution in [2.45, 2.75) is 18.0 Å². The molecule has 1 unspecified atom stereocenters. The van der Waals surface area contributed by atoms with Gasteiger partial charge in [0.1, 0.15) is 39.0 Å². The predicted octanol–water partition coefficient (Wildman–Crippen LogP) is 4.32. The summed E-state index contributed by atoms with van der Waals surface area (Å²) in [5, 5.41) is 18.3. The third-order valence-electron chi connectivity index (χ3n) is 6.15. The van der Waals surface area contributed by atoms with Crippen molar-refractivity contribution in [3.8, 4) is 22.7 Å². The molecule has 3 aromatic carbocycles. The third-order valence-corrected chi connectivity index (χ3v) is 8.14. The maximum atomic E-state index is 13.6. The minimum absolute atomic E-state index is 0.189. The zero-order chi connectivity index (χ0) is 26.6. The van der Waals surface area contributed by atoms with E-state index in [4.69, 9.17) is 9.84 Å². The largest absolute Gasteiger partial charge is 0.497 e. The van der Waals surface area contributed by atoms with Crippen LogP contribution in [0.2, 0.25) is 0 Å². The first kappa shape index (κ1) is 25.8. The summed E-state index contributed by atoms with van der Waals surface area (Å²) in [5.41, 5.74) is 3.13. The molecule has 38 heavy (non-hydrogen) atoms. The van der Waals surface area contributed by atoms with Gasteiger partial charge in [-0.15, -0.1) is 12.6 Å². The summed E-state index contributed by atoms with van der Waals surface area (Å²) in [7, 11) is -0.192. The van der Waals surface area contributed by atoms with Gasteiger partial charge < -0.3 is 15.2 Å². The predicted molar refractivity (Wildman–Crippen MR) is 151 cm³/mol. The lowest BCUT2D eigenvalue weighted by molar-refractivity contribution is -0.141. The second kappa shape index (κ2) is 11.3. The molecule has 1 aromatic heterocycles. The number of hydrogen-bond acceptors (Lipinski definition) is 6. The van der Waals surface area contributed by atoms with Crippen molar-refractivity contribution in [2.24, 2.45) is 0 Å². The standard InChI is InChI=1S/C28H26N4O4S2/c1-36-23-14-8-11-20(16-23)26-21(18-31(30-26)22-12-6-3-7-13-22)17-25-29-28(37)32(38(25)35)24(27(33)34)15-19-9-4-2-5-10-19/h2-14,16-18,24,28-29,37H,15H2,1H3,(H,33,34)/b25-17-/t24-,28-,38?/m0/s1. The first-order valence-corrected chi connectivity index (χ1v) is 13.5. The summed E-state index contributed by atoms with van der Waals surface area (Å²) in [6.45, 7) is 0. The van der Waals surface area contributed by atoms with Crippen LogP contribution in [0.5, 0.6) is 5.75 Å². The van der Waals surface area contributed by atoms with Crippen molar-refractivity contribution < 1.29 is 18.8 Å². The highest BCUT2D eigenvalue weighted by Crippen LogP contribution is 2.31. The van der Waals surface area contributed by atoms with E-state index in [0.29, 0.717) is 22.0 Å². The van der Waals surface area contributed by atoms with Gasteiger partial charge in [0.2, 0.25) is 0 Å². The molecule has 194 valence electrons. The van der Waals surface area contributed by atoms with E-state index in [2.05, 4.69) is 17.9 Å². The fraction of sp³-hybridized carbons (Fsp3) is 0.143. The Bertz CT molecular complexity index is 1490. The summed E-state index contributed by atoms with van der Waals surface area (Å²) >= 11 is 4.54.